The van der Waals surface area contributed by atoms with Crippen molar-refractivity contribution in [1.82, 2.24) is 4.90 Å². The molecule has 1 aliphatic heterocycles. The second-order valence-electron chi connectivity index (χ2n) is 2.20. The molecule has 0 saturated carbocycles. The van der Waals surface area contributed by atoms with Gasteiger partial charge in [0, 0.05) is 0 Å². The average Bonchev–Trinajstić information content (AvgIpc) is 1.84. The minimum Gasteiger partial charge on any atom is -0.319 e. The first-order valence-electron chi connectivity index (χ1n) is 2.79. The smallest absolute Gasteiger partial charge is 0.319 e. The van der Waals surface area contributed by atoms with Crippen LogP contribution in [0.3, 0.4) is 0 Å². The molecular formula is C5H4F3NO2. The van der Waals surface area contributed by atoms with Crippen LogP contribution in [0.2, 0.25) is 0 Å². The van der Waals surface area contributed by atoms with Crippen LogP contribution in [-0.4, -0.2) is 35.9 Å². The van der Waals surface area contributed by atoms with E-state index in [2.05, 4.69) is 0 Å². The van der Waals surface area contributed by atoms with Crippen molar-refractivity contribution in [3.8, 4) is 0 Å². The summed E-state index contributed by atoms with van der Waals surface area (Å²) in [6.07, 6.45) is -4.41. The Kier molecular flexibility index (Phi) is 1.62. The van der Waals surface area contributed by atoms with E-state index in [9.17, 15) is 22.8 Å². The van der Waals surface area contributed by atoms with Crippen molar-refractivity contribution < 1.29 is 22.8 Å². The van der Waals surface area contributed by atoms with Crippen molar-refractivity contribution >= 4 is 11.7 Å². The van der Waals surface area contributed by atoms with E-state index in [0.717, 1.165) is 0 Å². The van der Waals surface area contributed by atoms with Gasteiger partial charge in [0.25, 0.3) is 5.91 Å². The molecule has 11 heavy (non-hydrogen) atoms. The van der Waals surface area contributed by atoms with Gasteiger partial charge in [0.1, 0.15) is 6.54 Å². The molecule has 1 saturated heterocycles. The standard InChI is InChI=1S/C5H4F3NO2/c6-5(7,8)2-9-1-3(10)4(9)11/h1-2H2. The summed E-state index contributed by atoms with van der Waals surface area (Å²) >= 11 is 0. The molecule has 0 atom stereocenters. The van der Waals surface area contributed by atoms with E-state index in [0.29, 0.717) is 4.90 Å². The van der Waals surface area contributed by atoms with Crippen LogP contribution in [0.5, 0.6) is 0 Å². The summed E-state index contributed by atoms with van der Waals surface area (Å²) in [4.78, 5) is 20.9. The van der Waals surface area contributed by atoms with Crippen LogP contribution in [0.15, 0.2) is 0 Å². The van der Waals surface area contributed by atoms with Crippen molar-refractivity contribution in [1.29, 1.82) is 0 Å². The summed E-state index contributed by atoms with van der Waals surface area (Å²) < 4.78 is 34.6. The largest absolute Gasteiger partial charge is 0.406 e. The number of β-lactam (4-membered cyclic amide) rings is 1. The number of nitrogens with zero attached hydrogens (tertiary/aromatic N) is 1. The molecule has 1 heterocycles. The number of halogens is 3. The lowest BCUT2D eigenvalue weighted by Gasteiger charge is -2.29. The molecule has 62 valence electrons. The first-order valence-corrected chi connectivity index (χ1v) is 2.79. The van der Waals surface area contributed by atoms with Gasteiger partial charge in [-0.05, 0) is 0 Å². The average molecular weight is 167 g/mol. The molecule has 0 aromatic heterocycles. The SMILES string of the molecule is O=C1CN(CC(F)(F)F)C1=O. The van der Waals surface area contributed by atoms with E-state index >= 15 is 0 Å². The van der Waals surface area contributed by atoms with Crippen molar-refractivity contribution in [3.63, 3.8) is 0 Å². The molecule has 0 aromatic carbocycles. The molecule has 0 spiro atoms. The molecule has 0 aromatic rings. The van der Waals surface area contributed by atoms with Crippen LogP contribution in [-0.2, 0) is 9.59 Å². The van der Waals surface area contributed by atoms with Crippen LogP contribution in [0.1, 0.15) is 0 Å². The maximum atomic E-state index is 11.5. The molecule has 3 nitrogen and oxygen atoms in total. The molecular weight excluding hydrogens is 163 g/mol. The quantitative estimate of drug-likeness (QED) is 0.406. The number of hydrogen-bond donors (Lipinski definition) is 0. The van der Waals surface area contributed by atoms with E-state index in [-0.39, 0.29) is 0 Å². The molecule has 1 aliphatic rings. The van der Waals surface area contributed by atoms with Gasteiger partial charge in [-0.15, -0.1) is 0 Å². The predicted octanol–water partition coefficient (Wildman–Crippen LogP) is -0.0400. The van der Waals surface area contributed by atoms with Gasteiger partial charge in [0.05, 0.1) is 6.54 Å². The van der Waals surface area contributed by atoms with Gasteiger partial charge >= 0.3 is 6.18 Å². The third-order valence-electron chi connectivity index (χ3n) is 1.23. The minimum atomic E-state index is -4.41. The van der Waals surface area contributed by atoms with Crippen LogP contribution >= 0.6 is 0 Å². The highest BCUT2D eigenvalue weighted by molar-refractivity contribution is 6.42. The number of likely N-dealkylation sites (tertiary alicyclic amines) is 1. The number of amides is 1. The number of hydrogen-bond acceptors (Lipinski definition) is 2. The minimum absolute atomic E-state index is 0.404. The fraction of sp³-hybridized carbons (Fsp3) is 0.600. The van der Waals surface area contributed by atoms with Crippen molar-refractivity contribution in [2.24, 2.45) is 0 Å². The van der Waals surface area contributed by atoms with Gasteiger partial charge in [0.2, 0.25) is 5.78 Å². The molecule has 6 heteroatoms. The Balaban J connectivity index is 2.43. The topological polar surface area (TPSA) is 37.4 Å². The molecule has 0 aliphatic carbocycles. The van der Waals surface area contributed by atoms with Gasteiger partial charge < -0.3 is 4.90 Å². The highest BCUT2D eigenvalue weighted by Gasteiger charge is 2.41. The van der Waals surface area contributed by atoms with Crippen LogP contribution < -0.4 is 0 Å². The Morgan fingerprint density at radius 3 is 2.18 bits per heavy atom. The number of carbonyl (C=O) groups excluding carboxylic acids is 2. The maximum absolute atomic E-state index is 11.5. The van der Waals surface area contributed by atoms with Gasteiger partial charge in [-0.25, -0.2) is 0 Å². The normalized spacial score (nSPS) is 18.6. The van der Waals surface area contributed by atoms with E-state index in [4.69, 9.17) is 0 Å². The molecule has 1 rings (SSSR count). The van der Waals surface area contributed by atoms with Crippen LogP contribution in [0, 0.1) is 0 Å². The Labute approximate surface area is 59.8 Å². The van der Waals surface area contributed by atoms with Gasteiger partial charge in [-0.3, -0.25) is 9.59 Å². The van der Waals surface area contributed by atoms with Crippen LogP contribution in [0.25, 0.3) is 0 Å². The summed E-state index contributed by atoms with van der Waals surface area (Å²) in [6.45, 7) is -1.73. The van der Waals surface area contributed by atoms with Crippen molar-refractivity contribution in [2.45, 2.75) is 6.18 Å². The van der Waals surface area contributed by atoms with E-state index in [1.807, 2.05) is 0 Å². The van der Waals surface area contributed by atoms with Crippen molar-refractivity contribution in [2.75, 3.05) is 13.1 Å². The Morgan fingerprint density at radius 1 is 1.36 bits per heavy atom. The zero-order chi connectivity index (χ0) is 8.65. The second kappa shape index (κ2) is 2.21. The van der Waals surface area contributed by atoms with E-state index in [1.54, 1.807) is 0 Å². The molecule has 0 radical (unpaired) electrons. The number of alkyl halides is 3. The predicted molar refractivity (Wildman–Crippen MR) is 27.6 cm³/mol. The summed E-state index contributed by atoms with van der Waals surface area (Å²) in [5, 5.41) is 0. The third-order valence-corrected chi connectivity index (χ3v) is 1.23. The lowest BCUT2D eigenvalue weighted by atomic mass is 10.2. The monoisotopic (exact) mass is 167 g/mol. The molecule has 0 bridgehead atoms. The summed E-state index contributed by atoms with van der Waals surface area (Å²) in [6, 6.07) is 0. The van der Waals surface area contributed by atoms with E-state index < -0.39 is 31.0 Å². The first-order chi connectivity index (χ1) is 4.90. The number of rotatable bonds is 1. The van der Waals surface area contributed by atoms with Gasteiger partial charge in [-0.2, -0.15) is 13.2 Å². The zero-order valence-corrected chi connectivity index (χ0v) is 5.31. The summed E-state index contributed by atoms with van der Waals surface area (Å²) in [5.74, 6) is -1.79. The highest BCUT2D eigenvalue weighted by atomic mass is 19.4. The first kappa shape index (κ1) is 8.03. The molecule has 1 amide bonds. The number of Topliss-reactive ketones (excluding diaryl/α,β-unsaturated/α-hetero) is 1. The Hall–Kier alpha value is -1.07. The molecule has 1 fully saturated rings. The summed E-state index contributed by atoms with van der Waals surface area (Å²) in [7, 11) is 0. The Bertz CT molecular complexity index is 210. The van der Waals surface area contributed by atoms with Crippen molar-refractivity contribution in [3.05, 3.63) is 0 Å². The molecule has 0 unspecified atom stereocenters. The maximum Gasteiger partial charge on any atom is 0.406 e. The summed E-state index contributed by atoms with van der Waals surface area (Å²) in [5.41, 5.74) is 0. The van der Waals surface area contributed by atoms with Gasteiger partial charge in [-0.1, -0.05) is 0 Å². The van der Waals surface area contributed by atoms with Gasteiger partial charge in [0.15, 0.2) is 0 Å². The molecule has 0 N–H and O–H groups in total. The fourth-order valence-corrected chi connectivity index (χ4v) is 0.742. The lowest BCUT2D eigenvalue weighted by molar-refractivity contribution is -0.175. The lowest BCUT2D eigenvalue weighted by Crippen LogP contribution is -2.56. The second-order valence-corrected chi connectivity index (χ2v) is 2.20. The Morgan fingerprint density at radius 2 is 1.91 bits per heavy atom. The zero-order valence-electron chi connectivity index (χ0n) is 5.31. The van der Waals surface area contributed by atoms with Crippen LogP contribution in [0.4, 0.5) is 13.2 Å². The fourth-order valence-electron chi connectivity index (χ4n) is 0.742. The highest BCUT2D eigenvalue weighted by Crippen LogP contribution is 2.19. The number of ketones is 1. The number of carbonyl (C=O) groups is 2. The van der Waals surface area contributed by atoms with E-state index in [1.165, 1.54) is 0 Å². The third kappa shape index (κ3) is 1.69.